The van der Waals surface area contributed by atoms with Gasteiger partial charge in [-0.3, -0.25) is 0 Å². The van der Waals surface area contributed by atoms with E-state index in [1.807, 2.05) is 0 Å². The van der Waals surface area contributed by atoms with Crippen molar-refractivity contribution in [1.29, 1.82) is 0 Å². The van der Waals surface area contributed by atoms with Crippen molar-refractivity contribution >= 4 is 0 Å². The van der Waals surface area contributed by atoms with Crippen LogP contribution in [-0.2, 0) is 14.2 Å². The van der Waals surface area contributed by atoms with Crippen LogP contribution in [0.4, 0.5) is 0 Å². The molecule has 0 bridgehead atoms. The minimum absolute atomic E-state index is 0.215. The lowest BCUT2D eigenvalue weighted by Gasteiger charge is -2.35. The monoisotopic (exact) mass is 228 g/mol. The van der Waals surface area contributed by atoms with Crippen LogP contribution < -0.4 is 0 Å². The standard InChI is InChI=1S/C13H24O3/c1-3-11(2)14-10-12-4-6-13(7-5-12)15-8-9-16-13/h11-12H,3-10H2,1-2H3. The first kappa shape index (κ1) is 12.3. The zero-order valence-electron chi connectivity index (χ0n) is 10.5. The molecule has 94 valence electrons. The normalized spacial score (nSPS) is 27.4. The van der Waals surface area contributed by atoms with Gasteiger partial charge in [0.15, 0.2) is 5.79 Å². The molecule has 0 N–H and O–H groups in total. The van der Waals surface area contributed by atoms with Crippen LogP contribution >= 0.6 is 0 Å². The molecule has 1 saturated heterocycles. The zero-order chi connectivity index (χ0) is 11.4. The Morgan fingerprint density at radius 3 is 2.44 bits per heavy atom. The first-order chi connectivity index (χ1) is 7.74. The molecule has 1 spiro atoms. The highest BCUT2D eigenvalue weighted by molar-refractivity contribution is 4.82. The van der Waals surface area contributed by atoms with Crippen molar-refractivity contribution in [1.82, 2.24) is 0 Å². The molecule has 16 heavy (non-hydrogen) atoms. The van der Waals surface area contributed by atoms with Crippen LogP contribution in [0.3, 0.4) is 0 Å². The maximum Gasteiger partial charge on any atom is 0.168 e. The molecule has 3 nitrogen and oxygen atoms in total. The van der Waals surface area contributed by atoms with Gasteiger partial charge in [0.1, 0.15) is 0 Å². The average molecular weight is 228 g/mol. The lowest BCUT2D eigenvalue weighted by atomic mass is 9.85. The second-order valence-electron chi connectivity index (χ2n) is 5.10. The van der Waals surface area contributed by atoms with E-state index in [0.717, 1.165) is 39.1 Å². The molecule has 1 aliphatic carbocycles. The fourth-order valence-electron chi connectivity index (χ4n) is 2.49. The summed E-state index contributed by atoms with van der Waals surface area (Å²) in [7, 11) is 0. The van der Waals surface area contributed by atoms with Gasteiger partial charge in [-0.05, 0) is 32.1 Å². The SMILES string of the molecule is CCC(C)OCC1CCC2(CC1)OCCO2. The van der Waals surface area contributed by atoms with Crippen LogP contribution in [0.15, 0.2) is 0 Å². The quantitative estimate of drug-likeness (QED) is 0.740. The summed E-state index contributed by atoms with van der Waals surface area (Å²) in [6.07, 6.45) is 5.94. The van der Waals surface area contributed by atoms with Gasteiger partial charge in [-0.25, -0.2) is 0 Å². The number of ether oxygens (including phenoxy) is 3. The van der Waals surface area contributed by atoms with Crippen molar-refractivity contribution in [2.24, 2.45) is 5.92 Å². The van der Waals surface area contributed by atoms with Gasteiger partial charge in [0, 0.05) is 19.4 Å². The van der Waals surface area contributed by atoms with Crippen molar-refractivity contribution < 1.29 is 14.2 Å². The minimum atomic E-state index is -0.215. The smallest absolute Gasteiger partial charge is 0.168 e. The lowest BCUT2D eigenvalue weighted by molar-refractivity contribution is -0.185. The lowest BCUT2D eigenvalue weighted by Crippen LogP contribution is -2.36. The Balaban J connectivity index is 1.69. The molecule has 1 saturated carbocycles. The molecule has 0 radical (unpaired) electrons. The fourth-order valence-corrected chi connectivity index (χ4v) is 2.49. The Hall–Kier alpha value is -0.120. The summed E-state index contributed by atoms with van der Waals surface area (Å²) in [4.78, 5) is 0. The van der Waals surface area contributed by atoms with Crippen LogP contribution in [0.5, 0.6) is 0 Å². The first-order valence-corrected chi connectivity index (χ1v) is 6.63. The highest BCUT2D eigenvalue weighted by Crippen LogP contribution is 2.38. The summed E-state index contributed by atoms with van der Waals surface area (Å²) in [5, 5.41) is 0. The summed E-state index contributed by atoms with van der Waals surface area (Å²) in [6.45, 7) is 6.77. The minimum Gasteiger partial charge on any atom is -0.378 e. The third kappa shape index (κ3) is 2.96. The van der Waals surface area contributed by atoms with E-state index < -0.39 is 0 Å². The Labute approximate surface area is 98.4 Å². The predicted molar refractivity (Wildman–Crippen MR) is 62.3 cm³/mol. The summed E-state index contributed by atoms with van der Waals surface area (Å²) in [5.41, 5.74) is 0. The molecule has 1 aliphatic heterocycles. The molecule has 2 aliphatic rings. The molecular weight excluding hydrogens is 204 g/mol. The Morgan fingerprint density at radius 1 is 1.25 bits per heavy atom. The van der Waals surface area contributed by atoms with E-state index in [9.17, 15) is 0 Å². The molecule has 1 atom stereocenters. The molecule has 1 unspecified atom stereocenters. The average Bonchev–Trinajstić information content (AvgIpc) is 2.77. The van der Waals surface area contributed by atoms with Crippen molar-refractivity contribution in [3.05, 3.63) is 0 Å². The molecule has 2 rings (SSSR count). The van der Waals surface area contributed by atoms with Gasteiger partial charge < -0.3 is 14.2 Å². The number of rotatable bonds is 4. The third-order valence-corrected chi connectivity index (χ3v) is 3.87. The Morgan fingerprint density at radius 2 is 1.88 bits per heavy atom. The number of hydrogen-bond acceptors (Lipinski definition) is 3. The molecule has 0 aromatic rings. The fraction of sp³-hybridized carbons (Fsp3) is 1.00. The van der Waals surface area contributed by atoms with Gasteiger partial charge in [-0.1, -0.05) is 6.92 Å². The van der Waals surface area contributed by atoms with Crippen LogP contribution in [0.25, 0.3) is 0 Å². The predicted octanol–water partition coefficient (Wildman–Crippen LogP) is 2.73. The molecule has 0 aromatic carbocycles. The van der Waals surface area contributed by atoms with Crippen molar-refractivity contribution in [3.63, 3.8) is 0 Å². The zero-order valence-corrected chi connectivity index (χ0v) is 10.5. The number of hydrogen-bond donors (Lipinski definition) is 0. The maximum absolute atomic E-state index is 5.80. The van der Waals surface area contributed by atoms with Crippen molar-refractivity contribution in [2.45, 2.75) is 57.8 Å². The van der Waals surface area contributed by atoms with E-state index in [4.69, 9.17) is 14.2 Å². The molecule has 3 heteroatoms. The Bertz CT molecular complexity index is 201. The summed E-state index contributed by atoms with van der Waals surface area (Å²) in [6, 6.07) is 0. The molecule has 2 fully saturated rings. The highest BCUT2D eigenvalue weighted by Gasteiger charge is 2.40. The van der Waals surface area contributed by atoms with Crippen LogP contribution in [0.1, 0.15) is 46.0 Å². The molecule has 0 aromatic heterocycles. The third-order valence-electron chi connectivity index (χ3n) is 3.87. The Kier molecular flexibility index (Phi) is 4.22. The molecular formula is C13H24O3. The van der Waals surface area contributed by atoms with E-state index in [1.54, 1.807) is 0 Å². The maximum atomic E-state index is 5.80. The van der Waals surface area contributed by atoms with Crippen LogP contribution in [0, 0.1) is 5.92 Å². The second kappa shape index (κ2) is 5.48. The van der Waals surface area contributed by atoms with E-state index in [-0.39, 0.29) is 5.79 Å². The van der Waals surface area contributed by atoms with E-state index in [1.165, 1.54) is 12.8 Å². The van der Waals surface area contributed by atoms with Gasteiger partial charge in [0.25, 0.3) is 0 Å². The topological polar surface area (TPSA) is 27.7 Å². The van der Waals surface area contributed by atoms with Gasteiger partial charge in [-0.2, -0.15) is 0 Å². The summed E-state index contributed by atoms with van der Waals surface area (Å²) < 4.78 is 17.2. The largest absolute Gasteiger partial charge is 0.378 e. The van der Waals surface area contributed by atoms with Gasteiger partial charge >= 0.3 is 0 Å². The molecule has 1 heterocycles. The van der Waals surface area contributed by atoms with Gasteiger partial charge in [0.05, 0.1) is 19.3 Å². The van der Waals surface area contributed by atoms with E-state index in [0.29, 0.717) is 12.0 Å². The highest BCUT2D eigenvalue weighted by atomic mass is 16.7. The van der Waals surface area contributed by atoms with E-state index in [2.05, 4.69) is 13.8 Å². The second-order valence-corrected chi connectivity index (χ2v) is 5.10. The summed E-state index contributed by atoms with van der Waals surface area (Å²) >= 11 is 0. The van der Waals surface area contributed by atoms with Gasteiger partial charge in [0.2, 0.25) is 0 Å². The molecule has 0 amide bonds. The van der Waals surface area contributed by atoms with Crippen molar-refractivity contribution in [3.8, 4) is 0 Å². The van der Waals surface area contributed by atoms with Crippen molar-refractivity contribution in [2.75, 3.05) is 19.8 Å². The summed E-state index contributed by atoms with van der Waals surface area (Å²) in [5.74, 6) is 0.486. The van der Waals surface area contributed by atoms with Crippen LogP contribution in [-0.4, -0.2) is 31.7 Å². The van der Waals surface area contributed by atoms with Gasteiger partial charge in [-0.15, -0.1) is 0 Å². The van der Waals surface area contributed by atoms with E-state index >= 15 is 0 Å². The first-order valence-electron chi connectivity index (χ1n) is 6.63. The van der Waals surface area contributed by atoms with Crippen LogP contribution in [0.2, 0.25) is 0 Å².